The maximum Gasteiger partial charge on any atom is 0.417 e. The molecule has 2 rings (SSSR count). The van der Waals surface area contributed by atoms with E-state index in [1.807, 2.05) is 0 Å². The highest BCUT2D eigenvalue weighted by Gasteiger charge is 2.40. The number of ketones is 1. The van der Waals surface area contributed by atoms with Crippen molar-refractivity contribution in [2.24, 2.45) is 5.92 Å². The van der Waals surface area contributed by atoms with Crippen LogP contribution in [-0.2, 0) is 6.18 Å². The third-order valence-corrected chi connectivity index (χ3v) is 3.20. The SMILES string of the molecule is Cc1c(C(=O)O)ccc(C(F)(F)F)c1C(=O)C1CC1. The summed E-state index contributed by atoms with van der Waals surface area (Å²) in [6.07, 6.45) is -3.54. The predicted octanol–water partition coefficient (Wildman–Crippen LogP) is 3.30. The summed E-state index contributed by atoms with van der Waals surface area (Å²) in [6, 6.07) is 1.57. The Morgan fingerprint density at radius 3 is 2.26 bits per heavy atom. The van der Waals surface area contributed by atoms with E-state index in [0.717, 1.165) is 6.07 Å². The van der Waals surface area contributed by atoms with Gasteiger partial charge in [0, 0.05) is 11.5 Å². The second kappa shape index (κ2) is 4.36. The summed E-state index contributed by atoms with van der Waals surface area (Å²) in [5.41, 5.74) is -1.92. The van der Waals surface area contributed by atoms with Gasteiger partial charge in [0.05, 0.1) is 11.1 Å². The fourth-order valence-corrected chi connectivity index (χ4v) is 2.05. The smallest absolute Gasteiger partial charge is 0.417 e. The summed E-state index contributed by atoms with van der Waals surface area (Å²) < 4.78 is 38.7. The second-order valence-corrected chi connectivity index (χ2v) is 4.60. The number of hydrogen-bond donors (Lipinski definition) is 1. The van der Waals surface area contributed by atoms with Gasteiger partial charge >= 0.3 is 12.1 Å². The minimum atomic E-state index is -4.67. The van der Waals surface area contributed by atoms with E-state index in [9.17, 15) is 22.8 Å². The van der Waals surface area contributed by atoms with Crippen molar-refractivity contribution in [2.45, 2.75) is 25.9 Å². The Morgan fingerprint density at radius 1 is 1.26 bits per heavy atom. The molecule has 1 aromatic carbocycles. The number of alkyl halides is 3. The van der Waals surface area contributed by atoms with Crippen molar-refractivity contribution in [2.75, 3.05) is 0 Å². The van der Waals surface area contributed by atoms with Crippen molar-refractivity contribution < 1.29 is 27.9 Å². The molecule has 0 bridgehead atoms. The molecule has 102 valence electrons. The van der Waals surface area contributed by atoms with E-state index >= 15 is 0 Å². The van der Waals surface area contributed by atoms with E-state index in [1.54, 1.807) is 0 Å². The molecule has 0 spiro atoms. The topological polar surface area (TPSA) is 54.4 Å². The molecule has 0 saturated heterocycles. The van der Waals surface area contributed by atoms with Crippen LogP contribution in [0.15, 0.2) is 12.1 Å². The molecule has 0 aromatic heterocycles. The Bertz CT molecular complexity index is 557. The summed E-state index contributed by atoms with van der Waals surface area (Å²) in [7, 11) is 0. The van der Waals surface area contributed by atoms with Crippen LogP contribution < -0.4 is 0 Å². The minimum Gasteiger partial charge on any atom is -0.478 e. The molecule has 0 atom stereocenters. The van der Waals surface area contributed by atoms with E-state index in [-0.39, 0.29) is 11.1 Å². The maximum atomic E-state index is 12.9. The molecule has 1 aliphatic carbocycles. The van der Waals surface area contributed by atoms with Crippen LogP contribution in [0.3, 0.4) is 0 Å². The molecule has 0 unspecified atom stereocenters. The lowest BCUT2D eigenvalue weighted by Gasteiger charge is -2.16. The summed E-state index contributed by atoms with van der Waals surface area (Å²) in [5.74, 6) is -2.34. The molecular weight excluding hydrogens is 261 g/mol. The van der Waals surface area contributed by atoms with E-state index in [0.29, 0.717) is 18.9 Å². The third kappa shape index (κ3) is 2.47. The predicted molar refractivity (Wildman–Crippen MR) is 60.2 cm³/mol. The molecule has 3 nitrogen and oxygen atoms in total. The normalized spacial score (nSPS) is 15.4. The molecule has 1 fully saturated rings. The number of hydrogen-bond acceptors (Lipinski definition) is 2. The number of aromatic carboxylic acids is 1. The van der Waals surface area contributed by atoms with Gasteiger partial charge in [-0.05, 0) is 37.5 Å². The first-order valence-corrected chi connectivity index (χ1v) is 5.71. The van der Waals surface area contributed by atoms with Gasteiger partial charge in [-0.1, -0.05) is 0 Å². The van der Waals surface area contributed by atoms with E-state index in [2.05, 4.69) is 0 Å². The van der Waals surface area contributed by atoms with Crippen LogP contribution in [0.5, 0.6) is 0 Å². The quantitative estimate of drug-likeness (QED) is 0.859. The molecule has 0 aliphatic heterocycles. The van der Waals surface area contributed by atoms with Crippen LogP contribution in [0.25, 0.3) is 0 Å². The summed E-state index contributed by atoms with van der Waals surface area (Å²) in [5, 5.41) is 8.93. The van der Waals surface area contributed by atoms with E-state index in [4.69, 9.17) is 5.11 Å². The van der Waals surface area contributed by atoms with Gasteiger partial charge < -0.3 is 5.11 Å². The van der Waals surface area contributed by atoms with Crippen molar-refractivity contribution >= 4 is 11.8 Å². The van der Waals surface area contributed by atoms with Crippen LogP contribution in [0.1, 0.15) is 44.7 Å². The Morgan fingerprint density at radius 2 is 1.84 bits per heavy atom. The fraction of sp³-hybridized carbons (Fsp3) is 0.385. The van der Waals surface area contributed by atoms with Crippen LogP contribution >= 0.6 is 0 Å². The van der Waals surface area contributed by atoms with Crippen molar-refractivity contribution in [1.29, 1.82) is 0 Å². The summed E-state index contributed by atoms with van der Waals surface area (Å²) in [4.78, 5) is 22.9. The van der Waals surface area contributed by atoms with Crippen LogP contribution in [0.4, 0.5) is 13.2 Å². The van der Waals surface area contributed by atoms with Crippen molar-refractivity contribution in [3.8, 4) is 0 Å². The first-order valence-electron chi connectivity index (χ1n) is 5.71. The lowest BCUT2D eigenvalue weighted by molar-refractivity contribution is -0.138. The van der Waals surface area contributed by atoms with Crippen molar-refractivity contribution in [3.05, 3.63) is 34.4 Å². The first kappa shape index (κ1) is 13.6. The third-order valence-electron chi connectivity index (χ3n) is 3.20. The van der Waals surface area contributed by atoms with Crippen LogP contribution in [-0.4, -0.2) is 16.9 Å². The number of benzene rings is 1. The fourth-order valence-electron chi connectivity index (χ4n) is 2.05. The van der Waals surface area contributed by atoms with Gasteiger partial charge in [-0.25, -0.2) is 4.79 Å². The number of rotatable bonds is 3. The highest BCUT2D eigenvalue weighted by Crippen LogP contribution is 2.40. The Hall–Kier alpha value is -1.85. The number of carboxylic acid groups (broad SMARTS) is 1. The number of carboxylic acids is 1. The molecule has 1 aliphatic rings. The molecule has 19 heavy (non-hydrogen) atoms. The highest BCUT2D eigenvalue weighted by atomic mass is 19.4. The zero-order valence-electron chi connectivity index (χ0n) is 10.0. The van der Waals surface area contributed by atoms with Crippen molar-refractivity contribution in [3.63, 3.8) is 0 Å². The number of halogens is 3. The van der Waals surface area contributed by atoms with E-state index in [1.165, 1.54) is 6.92 Å². The number of carbonyl (C=O) groups is 2. The monoisotopic (exact) mass is 272 g/mol. The zero-order valence-corrected chi connectivity index (χ0v) is 10.0. The van der Waals surface area contributed by atoms with Crippen LogP contribution in [0.2, 0.25) is 0 Å². The van der Waals surface area contributed by atoms with Gasteiger partial charge in [-0.15, -0.1) is 0 Å². The first-order chi connectivity index (χ1) is 8.73. The van der Waals surface area contributed by atoms with Crippen LogP contribution in [0, 0.1) is 12.8 Å². The van der Waals surface area contributed by atoms with Gasteiger partial charge in [0.15, 0.2) is 5.78 Å². The Balaban J connectivity index is 2.65. The molecular formula is C13H11F3O3. The van der Waals surface area contributed by atoms with Crippen molar-refractivity contribution in [1.82, 2.24) is 0 Å². The molecule has 1 saturated carbocycles. The summed E-state index contributed by atoms with van der Waals surface area (Å²) >= 11 is 0. The molecule has 1 aromatic rings. The zero-order chi connectivity index (χ0) is 14.4. The lowest BCUT2D eigenvalue weighted by Crippen LogP contribution is -2.18. The minimum absolute atomic E-state index is 0.112. The maximum absolute atomic E-state index is 12.9. The van der Waals surface area contributed by atoms with Gasteiger partial charge in [0.1, 0.15) is 0 Å². The summed E-state index contributed by atoms with van der Waals surface area (Å²) in [6.45, 7) is 1.24. The molecule has 0 amide bonds. The number of Topliss-reactive ketones (excluding diaryl/α,β-unsaturated/α-hetero) is 1. The second-order valence-electron chi connectivity index (χ2n) is 4.60. The molecule has 0 heterocycles. The van der Waals surface area contributed by atoms with Gasteiger partial charge in [-0.2, -0.15) is 13.2 Å². The standard InChI is InChI=1S/C13H11F3O3/c1-6-8(12(18)19)4-5-9(13(14,15)16)10(6)11(17)7-2-3-7/h4-5,7H,2-3H2,1H3,(H,18,19). The number of carbonyl (C=O) groups excluding carboxylic acids is 1. The highest BCUT2D eigenvalue weighted by molar-refractivity contribution is 6.04. The van der Waals surface area contributed by atoms with Gasteiger partial charge in [0.25, 0.3) is 0 Å². The van der Waals surface area contributed by atoms with E-state index < -0.39 is 35.0 Å². The van der Waals surface area contributed by atoms with Gasteiger partial charge in [-0.3, -0.25) is 4.79 Å². The average Bonchev–Trinajstić information content (AvgIpc) is 3.09. The molecule has 6 heteroatoms. The molecule has 0 radical (unpaired) electrons. The Kier molecular flexibility index (Phi) is 3.12. The lowest BCUT2D eigenvalue weighted by atomic mass is 9.92. The largest absolute Gasteiger partial charge is 0.478 e. The molecule has 1 N–H and O–H groups in total. The Labute approximate surface area is 107 Å². The van der Waals surface area contributed by atoms with Gasteiger partial charge in [0.2, 0.25) is 0 Å². The average molecular weight is 272 g/mol.